The third kappa shape index (κ3) is 2.68. The number of sulfone groups is 1. The van der Waals surface area contributed by atoms with Crippen LogP contribution in [0.4, 0.5) is 0 Å². The van der Waals surface area contributed by atoms with E-state index in [1.54, 1.807) is 26.2 Å². The summed E-state index contributed by atoms with van der Waals surface area (Å²) in [5.41, 5.74) is 1.49. The van der Waals surface area contributed by atoms with Crippen molar-refractivity contribution in [3.63, 3.8) is 0 Å². The van der Waals surface area contributed by atoms with E-state index < -0.39 is 9.84 Å². The van der Waals surface area contributed by atoms with Crippen molar-refractivity contribution in [1.29, 1.82) is 0 Å². The second-order valence-electron chi connectivity index (χ2n) is 3.60. The van der Waals surface area contributed by atoms with Crippen molar-refractivity contribution in [1.82, 2.24) is 0 Å². The van der Waals surface area contributed by atoms with E-state index in [1.807, 2.05) is 6.92 Å². The van der Waals surface area contributed by atoms with Crippen molar-refractivity contribution in [3.05, 3.63) is 23.3 Å². The lowest BCUT2D eigenvalue weighted by molar-refractivity contribution is 0.411. The molecular formula is C11H15ClO3S. The second-order valence-corrected chi connectivity index (χ2v) is 6.05. The summed E-state index contributed by atoms with van der Waals surface area (Å²) in [5.74, 6) is 0.760. The third-order valence-electron chi connectivity index (χ3n) is 2.37. The molecule has 0 aliphatic carbocycles. The molecule has 0 heterocycles. The molecular weight excluding hydrogens is 248 g/mol. The van der Waals surface area contributed by atoms with Gasteiger partial charge in [0.1, 0.15) is 5.75 Å². The van der Waals surface area contributed by atoms with Crippen molar-refractivity contribution < 1.29 is 13.2 Å². The van der Waals surface area contributed by atoms with Crippen LogP contribution in [0.15, 0.2) is 17.0 Å². The topological polar surface area (TPSA) is 43.4 Å². The smallest absolute Gasteiger partial charge is 0.179 e. The molecule has 0 unspecified atom stereocenters. The number of rotatable bonds is 4. The molecule has 1 aromatic carbocycles. The molecule has 0 bridgehead atoms. The van der Waals surface area contributed by atoms with E-state index in [0.29, 0.717) is 16.2 Å². The zero-order valence-electron chi connectivity index (χ0n) is 9.58. The largest absolute Gasteiger partial charge is 0.496 e. The number of benzene rings is 1. The number of hydrogen-bond acceptors (Lipinski definition) is 3. The van der Waals surface area contributed by atoms with Crippen molar-refractivity contribution >= 4 is 21.4 Å². The van der Waals surface area contributed by atoms with Crippen LogP contribution >= 0.6 is 11.6 Å². The van der Waals surface area contributed by atoms with Crippen LogP contribution in [0.2, 0.25) is 0 Å². The van der Waals surface area contributed by atoms with Crippen LogP contribution in [-0.4, -0.2) is 27.2 Å². The van der Waals surface area contributed by atoms with Crippen LogP contribution < -0.4 is 4.74 Å². The summed E-state index contributed by atoms with van der Waals surface area (Å²) in [6.45, 7) is 3.57. The quantitative estimate of drug-likeness (QED) is 0.782. The molecule has 0 fully saturated rings. The molecule has 0 saturated heterocycles. The van der Waals surface area contributed by atoms with Gasteiger partial charge in [0.05, 0.1) is 17.8 Å². The third-order valence-corrected chi connectivity index (χ3v) is 4.64. The van der Waals surface area contributed by atoms with E-state index in [0.717, 1.165) is 5.56 Å². The minimum absolute atomic E-state index is 0.0405. The fourth-order valence-corrected chi connectivity index (χ4v) is 3.47. The van der Waals surface area contributed by atoms with Gasteiger partial charge in [-0.3, -0.25) is 0 Å². The Morgan fingerprint density at radius 3 is 2.38 bits per heavy atom. The summed E-state index contributed by atoms with van der Waals surface area (Å²) in [6, 6.07) is 3.37. The monoisotopic (exact) mass is 262 g/mol. The molecule has 5 heteroatoms. The van der Waals surface area contributed by atoms with E-state index in [-0.39, 0.29) is 11.6 Å². The number of alkyl halides is 1. The molecule has 0 amide bonds. The van der Waals surface area contributed by atoms with E-state index in [9.17, 15) is 8.42 Å². The summed E-state index contributed by atoms with van der Waals surface area (Å²) < 4.78 is 28.9. The van der Waals surface area contributed by atoms with Gasteiger partial charge in [0, 0.05) is 5.88 Å². The Bertz CT molecular complexity index is 480. The number of hydrogen-bond donors (Lipinski definition) is 0. The maximum Gasteiger partial charge on any atom is 0.179 e. The fourth-order valence-electron chi connectivity index (χ4n) is 1.53. The van der Waals surface area contributed by atoms with E-state index >= 15 is 0 Å². The average molecular weight is 263 g/mol. The lowest BCUT2D eigenvalue weighted by Crippen LogP contribution is -2.10. The number of methoxy groups -OCH3 is 1. The number of halogens is 1. The summed E-state index contributed by atoms with van der Waals surface area (Å²) in [6.07, 6.45) is 0. The van der Waals surface area contributed by atoms with Crippen LogP contribution in [0.5, 0.6) is 5.75 Å². The first-order valence-electron chi connectivity index (χ1n) is 4.86. The van der Waals surface area contributed by atoms with E-state index in [2.05, 4.69) is 0 Å². The van der Waals surface area contributed by atoms with Gasteiger partial charge in [-0.25, -0.2) is 8.42 Å². The summed E-state index contributed by atoms with van der Waals surface area (Å²) in [4.78, 5) is 0.339. The van der Waals surface area contributed by atoms with Gasteiger partial charge in [-0.2, -0.15) is 0 Å². The number of ether oxygens (including phenoxy) is 1. The Kier molecular flexibility index (Phi) is 4.21. The van der Waals surface area contributed by atoms with Crippen molar-refractivity contribution in [2.45, 2.75) is 18.7 Å². The first-order valence-corrected chi connectivity index (χ1v) is 7.05. The highest BCUT2D eigenvalue weighted by Crippen LogP contribution is 2.26. The van der Waals surface area contributed by atoms with Crippen molar-refractivity contribution in [3.8, 4) is 5.75 Å². The minimum atomic E-state index is -3.28. The molecule has 0 atom stereocenters. The fraction of sp³-hybridized carbons (Fsp3) is 0.455. The Hall–Kier alpha value is -0.740. The van der Waals surface area contributed by atoms with Crippen molar-refractivity contribution in [2.75, 3.05) is 18.7 Å². The lowest BCUT2D eigenvalue weighted by atomic mass is 10.1. The molecule has 0 aliphatic rings. The molecule has 0 aromatic heterocycles. The average Bonchev–Trinajstić information content (AvgIpc) is 2.20. The predicted octanol–water partition coefficient (Wildman–Crippen LogP) is 2.32. The molecule has 3 nitrogen and oxygen atoms in total. The summed E-state index contributed by atoms with van der Waals surface area (Å²) in [5, 5.41) is 0. The Morgan fingerprint density at radius 2 is 1.88 bits per heavy atom. The molecule has 16 heavy (non-hydrogen) atoms. The highest BCUT2D eigenvalue weighted by atomic mass is 35.5. The Morgan fingerprint density at radius 1 is 1.25 bits per heavy atom. The first kappa shape index (κ1) is 13.3. The number of aryl methyl sites for hydroxylation is 2. The summed E-state index contributed by atoms with van der Waals surface area (Å²) in [7, 11) is -1.71. The molecule has 0 radical (unpaired) electrons. The highest BCUT2D eigenvalue weighted by Gasteiger charge is 2.18. The Balaban J connectivity index is 3.31. The van der Waals surface area contributed by atoms with E-state index in [1.165, 1.54) is 0 Å². The van der Waals surface area contributed by atoms with Gasteiger partial charge in [0.15, 0.2) is 9.84 Å². The molecule has 0 aliphatic heterocycles. The second kappa shape index (κ2) is 5.06. The zero-order chi connectivity index (χ0) is 12.3. The molecule has 0 N–H and O–H groups in total. The predicted molar refractivity (Wildman–Crippen MR) is 65.2 cm³/mol. The molecule has 1 rings (SSSR count). The van der Waals surface area contributed by atoms with Gasteiger partial charge >= 0.3 is 0 Å². The SMILES string of the molecule is COc1cc(C)c(S(=O)(=O)CCCl)cc1C. The molecule has 1 aromatic rings. The minimum Gasteiger partial charge on any atom is -0.496 e. The van der Waals surface area contributed by atoms with Crippen molar-refractivity contribution in [2.24, 2.45) is 0 Å². The van der Waals surface area contributed by atoms with Gasteiger partial charge in [0.2, 0.25) is 0 Å². The lowest BCUT2D eigenvalue weighted by Gasteiger charge is -2.11. The first-order chi connectivity index (χ1) is 7.42. The molecule has 90 valence electrons. The van der Waals surface area contributed by atoms with Gasteiger partial charge in [-0.1, -0.05) is 0 Å². The summed E-state index contributed by atoms with van der Waals surface area (Å²) >= 11 is 5.48. The maximum atomic E-state index is 11.9. The van der Waals surface area contributed by atoms with Crippen LogP contribution in [0, 0.1) is 13.8 Å². The highest BCUT2D eigenvalue weighted by molar-refractivity contribution is 7.91. The van der Waals surface area contributed by atoms with Crippen LogP contribution in [0.25, 0.3) is 0 Å². The van der Waals surface area contributed by atoms with Gasteiger partial charge in [0.25, 0.3) is 0 Å². The molecule has 0 spiro atoms. The molecule has 0 saturated carbocycles. The zero-order valence-corrected chi connectivity index (χ0v) is 11.2. The van der Waals surface area contributed by atoms with Crippen LogP contribution in [0.1, 0.15) is 11.1 Å². The van der Waals surface area contributed by atoms with Gasteiger partial charge in [-0.05, 0) is 37.1 Å². The standard InChI is InChI=1S/C11H15ClO3S/c1-8-7-11(16(13,14)5-4-12)9(2)6-10(8)15-3/h6-7H,4-5H2,1-3H3. The van der Waals surface area contributed by atoms with Gasteiger partial charge in [-0.15, -0.1) is 11.6 Å². The maximum absolute atomic E-state index is 11.9. The van der Waals surface area contributed by atoms with Crippen LogP contribution in [-0.2, 0) is 9.84 Å². The van der Waals surface area contributed by atoms with Gasteiger partial charge < -0.3 is 4.74 Å². The normalized spacial score (nSPS) is 11.5. The van der Waals surface area contributed by atoms with E-state index in [4.69, 9.17) is 16.3 Å². The van der Waals surface area contributed by atoms with Crippen LogP contribution in [0.3, 0.4) is 0 Å². The Labute approximate surface area is 101 Å².